The predicted octanol–water partition coefficient (Wildman–Crippen LogP) is 17.8. The topological polar surface area (TPSA) is 8.17 Å². The van der Waals surface area contributed by atoms with Gasteiger partial charge < -0.3 is 9.47 Å². The highest BCUT2D eigenvalue weighted by molar-refractivity contribution is 6.10. The minimum Gasteiger partial charge on any atom is -0.311 e. The van der Waals surface area contributed by atoms with Gasteiger partial charge >= 0.3 is 0 Å². The summed E-state index contributed by atoms with van der Waals surface area (Å²) in [6, 6.07) is 85.0. The van der Waals surface area contributed by atoms with E-state index in [-0.39, 0.29) is 5.41 Å². The summed E-state index contributed by atoms with van der Waals surface area (Å²) in [5.41, 5.74) is 24.5. The summed E-state index contributed by atoms with van der Waals surface area (Å²) in [5, 5.41) is 2.49. The second-order valence-electron chi connectivity index (χ2n) is 18.8. The lowest BCUT2D eigenvalue weighted by atomic mass is 9.81. The highest BCUT2D eigenvalue weighted by Crippen LogP contribution is 2.50. The molecule has 2 nitrogen and oxygen atoms in total. The van der Waals surface area contributed by atoms with E-state index in [0.717, 1.165) is 22.7 Å². The third-order valence-electron chi connectivity index (χ3n) is 14.1. The first-order valence-corrected chi connectivity index (χ1v) is 23.4. The van der Waals surface area contributed by atoms with Gasteiger partial charge in [0.2, 0.25) is 0 Å². The number of rotatable bonds is 8. The number of benzene rings is 10. The Morgan fingerprint density at radius 3 is 1.45 bits per heavy atom. The standard InChI is InChI=1S/C65H50N2/c1-43-17-30-53(31-18-43)66(54-32-24-48(25-33-54)51-28-37-58-57-36-19-44(2)39-61(57)65(3,4)62(58)41-51)55-34-26-49(27-35-55)52-29-38-60-59-15-8-9-16-63(59)67(64(60)42-52)56-14-10-13-50(40-56)47-22-20-46(21-23-47)45-11-6-5-7-12-45/h5-42H,1-4H3. The fourth-order valence-corrected chi connectivity index (χ4v) is 10.5. The zero-order valence-electron chi connectivity index (χ0n) is 38.3. The number of anilines is 3. The molecule has 0 unspecified atom stereocenters. The lowest BCUT2D eigenvalue weighted by molar-refractivity contribution is 0.660. The average molecular weight is 859 g/mol. The highest BCUT2D eigenvalue weighted by atomic mass is 15.1. The van der Waals surface area contributed by atoms with Crippen molar-refractivity contribution in [3.05, 3.63) is 253 Å². The number of fused-ring (bicyclic) bond motifs is 6. The zero-order valence-corrected chi connectivity index (χ0v) is 38.3. The van der Waals surface area contributed by atoms with Crippen LogP contribution >= 0.6 is 0 Å². The highest BCUT2D eigenvalue weighted by Gasteiger charge is 2.35. The van der Waals surface area contributed by atoms with E-state index in [4.69, 9.17) is 0 Å². The van der Waals surface area contributed by atoms with Crippen molar-refractivity contribution in [3.8, 4) is 61.3 Å². The Morgan fingerprint density at radius 2 is 0.776 bits per heavy atom. The van der Waals surface area contributed by atoms with Crippen molar-refractivity contribution >= 4 is 38.9 Å². The van der Waals surface area contributed by atoms with E-state index in [1.54, 1.807) is 0 Å². The Bertz CT molecular complexity index is 3630. The Balaban J connectivity index is 0.876. The molecule has 0 amide bonds. The van der Waals surface area contributed by atoms with E-state index in [1.165, 1.54) is 99.7 Å². The second-order valence-corrected chi connectivity index (χ2v) is 18.8. The minimum absolute atomic E-state index is 0.0473. The summed E-state index contributed by atoms with van der Waals surface area (Å²) < 4.78 is 2.43. The van der Waals surface area contributed by atoms with Gasteiger partial charge in [-0.3, -0.25) is 0 Å². The largest absolute Gasteiger partial charge is 0.311 e. The normalized spacial score (nSPS) is 12.6. The number of hydrogen-bond acceptors (Lipinski definition) is 1. The molecular formula is C65H50N2. The van der Waals surface area contributed by atoms with Crippen molar-refractivity contribution in [2.45, 2.75) is 33.1 Å². The molecule has 11 aromatic rings. The van der Waals surface area contributed by atoms with E-state index in [0.29, 0.717) is 0 Å². The van der Waals surface area contributed by atoms with Crippen LogP contribution in [0.25, 0.3) is 83.1 Å². The summed E-state index contributed by atoms with van der Waals surface area (Å²) in [6.07, 6.45) is 0. The smallest absolute Gasteiger partial charge is 0.0547 e. The van der Waals surface area contributed by atoms with Crippen LogP contribution in [0.1, 0.15) is 36.1 Å². The van der Waals surface area contributed by atoms with E-state index in [9.17, 15) is 0 Å². The molecule has 12 rings (SSSR count). The van der Waals surface area contributed by atoms with Gasteiger partial charge in [0.05, 0.1) is 11.0 Å². The van der Waals surface area contributed by atoms with Crippen LogP contribution in [0.4, 0.5) is 17.1 Å². The lowest BCUT2D eigenvalue weighted by Crippen LogP contribution is -2.15. The van der Waals surface area contributed by atoms with Gasteiger partial charge in [-0.05, 0) is 147 Å². The molecule has 1 heterocycles. The van der Waals surface area contributed by atoms with Crippen molar-refractivity contribution in [1.29, 1.82) is 0 Å². The van der Waals surface area contributed by atoms with Crippen LogP contribution in [-0.4, -0.2) is 4.57 Å². The van der Waals surface area contributed by atoms with Gasteiger partial charge in [0, 0.05) is 38.9 Å². The Labute approximate surface area is 393 Å². The quantitative estimate of drug-likeness (QED) is 0.148. The molecule has 1 aliphatic carbocycles. The summed E-state index contributed by atoms with van der Waals surface area (Å²) in [7, 11) is 0. The van der Waals surface area contributed by atoms with Crippen molar-refractivity contribution in [3.63, 3.8) is 0 Å². The molecule has 0 N–H and O–H groups in total. The lowest BCUT2D eigenvalue weighted by Gasteiger charge is -2.26. The third-order valence-corrected chi connectivity index (χ3v) is 14.1. The van der Waals surface area contributed by atoms with E-state index >= 15 is 0 Å². The summed E-state index contributed by atoms with van der Waals surface area (Å²) in [4.78, 5) is 2.36. The zero-order chi connectivity index (χ0) is 45.2. The number of hydrogen-bond donors (Lipinski definition) is 0. The van der Waals surface area contributed by atoms with Crippen molar-refractivity contribution in [1.82, 2.24) is 4.57 Å². The monoisotopic (exact) mass is 858 g/mol. The third kappa shape index (κ3) is 7.05. The molecule has 67 heavy (non-hydrogen) atoms. The Hall–Kier alpha value is -8.20. The van der Waals surface area contributed by atoms with Gasteiger partial charge in [-0.1, -0.05) is 189 Å². The van der Waals surface area contributed by atoms with Crippen LogP contribution in [0.15, 0.2) is 231 Å². The van der Waals surface area contributed by atoms with E-state index < -0.39 is 0 Å². The van der Waals surface area contributed by atoms with Gasteiger partial charge in [0.15, 0.2) is 0 Å². The summed E-state index contributed by atoms with van der Waals surface area (Å²) in [6.45, 7) is 9.06. The van der Waals surface area contributed by atoms with Gasteiger partial charge in [-0.2, -0.15) is 0 Å². The summed E-state index contributed by atoms with van der Waals surface area (Å²) >= 11 is 0. The molecule has 0 saturated heterocycles. The predicted molar refractivity (Wildman–Crippen MR) is 284 cm³/mol. The van der Waals surface area contributed by atoms with Crippen LogP contribution in [0.2, 0.25) is 0 Å². The maximum Gasteiger partial charge on any atom is 0.0547 e. The van der Waals surface area contributed by atoms with Crippen molar-refractivity contribution < 1.29 is 0 Å². The van der Waals surface area contributed by atoms with Gasteiger partial charge in [-0.15, -0.1) is 0 Å². The Kier molecular flexibility index (Phi) is 9.66. The first-order valence-electron chi connectivity index (χ1n) is 23.4. The second kappa shape index (κ2) is 16.0. The molecule has 1 aromatic heterocycles. The molecule has 320 valence electrons. The maximum absolute atomic E-state index is 2.43. The van der Waals surface area contributed by atoms with Gasteiger partial charge in [-0.25, -0.2) is 0 Å². The molecule has 0 fully saturated rings. The average Bonchev–Trinajstić information content (AvgIpc) is 3.82. The Morgan fingerprint density at radius 1 is 0.328 bits per heavy atom. The van der Waals surface area contributed by atoms with Crippen LogP contribution in [0, 0.1) is 13.8 Å². The molecule has 0 atom stereocenters. The molecular weight excluding hydrogens is 809 g/mol. The van der Waals surface area contributed by atoms with E-state index in [1.807, 2.05) is 0 Å². The van der Waals surface area contributed by atoms with Crippen molar-refractivity contribution in [2.75, 3.05) is 4.90 Å². The fraction of sp³-hybridized carbons (Fsp3) is 0.0769. The van der Waals surface area contributed by atoms with Gasteiger partial charge in [0.1, 0.15) is 0 Å². The first-order chi connectivity index (χ1) is 32.8. The maximum atomic E-state index is 2.43. The SMILES string of the molecule is Cc1ccc(N(c2ccc(-c3ccc4c(c3)C(C)(C)c3cc(C)ccc3-4)cc2)c2ccc(-c3ccc4c5ccccc5n(-c5cccc(-c6ccc(-c7ccccc7)cc6)c5)c4c3)cc2)cc1. The van der Waals surface area contributed by atoms with Crippen molar-refractivity contribution in [2.24, 2.45) is 0 Å². The molecule has 2 heteroatoms. The molecule has 0 bridgehead atoms. The van der Waals surface area contributed by atoms with Gasteiger partial charge in [0.25, 0.3) is 0 Å². The van der Waals surface area contributed by atoms with Crippen LogP contribution in [-0.2, 0) is 5.41 Å². The molecule has 0 spiro atoms. The summed E-state index contributed by atoms with van der Waals surface area (Å²) in [5.74, 6) is 0. The number of para-hydroxylation sites is 1. The van der Waals surface area contributed by atoms with Crippen LogP contribution in [0.3, 0.4) is 0 Å². The van der Waals surface area contributed by atoms with Crippen LogP contribution < -0.4 is 4.90 Å². The van der Waals surface area contributed by atoms with Crippen LogP contribution in [0.5, 0.6) is 0 Å². The first kappa shape index (κ1) is 40.3. The molecule has 0 aliphatic heterocycles. The molecule has 1 aliphatic rings. The number of aryl methyl sites for hydroxylation is 2. The fourth-order valence-electron chi connectivity index (χ4n) is 10.5. The molecule has 0 saturated carbocycles. The minimum atomic E-state index is -0.0473. The molecule has 10 aromatic carbocycles. The van der Waals surface area contributed by atoms with E-state index in [2.05, 4.69) is 268 Å². The molecule has 0 radical (unpaired) electrons. The number of nitrogens with zero attached hydrogens (tertiary/aromatic N) is 2. The number of aromatic nitrogens is 1.